The summed E-state index contributed by atoms with van der Waals surface area (Å²) in [6.07, 6.45) is 3.11. The second kappa shape index (κ2) is 8.19. The molecule has 150 valence electrons. The standard InChI is InChI=1S/C24H25NO4/c1-2-14-29-24(28)17-8-11-19(12-9-17)25-22(26)20-13-10-18(15-21(20)23(25)27)16-6-4-3-5-7-16/h3-9,11-12,18,20-21H,2,10,13-15H2,1H3. The van der Waals surface area contributed by atoms with Crippen LogP contribution in [0.1, 0.15) is 54.4 Å². The zero-order valence-electron chi connectivity index (χ0n) is 16.5. The molecule has 3 atom stereocenters. The maximum atomic E-state index is 13.1. The number of hydrogen-bond acceptors (Lipinski definition) is 4. The van der Waals surface area contributed by atoms with E-state index in [0.717, 1.165) is 19.3 Å². The molecule has 0 N–H and O–H groups in total. The minimum atomic E-state index is -0.392. The van der Waals surface area contributed by atoms with Crippen LogP contribution in [0.2, 0.25) is 0 Å². The summed E-state index contributed by atoms with van der Waals surface area (Å²) >= 11 is 0. The molecule has 4 rings (SSSR count). The molecule has 1 aliphatic carbocycles. The number of amides is 2. The molecule has 2 aromatic carbocycles. The highest BCUT2D eigenvalue weighted by Gasteiger charge is 2.50. The molecule has 0 radical (unpaired) electrons. The number of nitrogens with zero attached hydrogens (tertiary/aromatic N) is 1. The van der Waals surface area contributed by atoms with Crippen molar-refractivity contribution in [1.29, 1.82) is 0 Å². The van der Waals surface area contributed by atoms with E-state index < -0.39 is 5.97 Å². The van der Waals surface area contributed by atoms with Crippen molar-refractivity contribution < 1.29 is 19.1 Å². The van der Waals surface area contributed by atoms with Gasteiger partial charge in [-0.25, -0.2) is 4.79 Å². The zero-order valence-corrected chi connectivity index (χ0v) is 16.5. The molecule has 29 heavy (non-hydrogen) atoms. The van der Waals surface area contributed by atoms with Gasteiger partial charge in [0.25, 0.3) is 0 Å². The maximum Gasteiger partial charge on any atom is 0.338 e. The lowest BCUT2D eigenvalue weighted by Gasteiger charge is -2.28. The second-order valence-electron chi connectivity index (χ2n) is 7.83. The lowest BCUT2D eigenvalue weighted by molar-refractivity contribution is -0.122. The quantitative estimate of drug-likeness (QED) is 0.562. The van der Waals surface area contributed by atoms with Crippen LogP contribution in [0.15, 0.2) is 54.6 Å². The summed E-state index contributed by atoms with van der Waals surface area (Å²) in [5, 5.41) is 0. The van der Waals surface area contributed by atoms with Crippen LogP contribution in [0.5, 0.6) is 0 Å². The van der Waals surface area contributed by atoms with Crippen molar-refractivity contribution in [2.45, 2.75) is 38.5 Å². The molecule has 2 aliphatic rings. The van der Waals surface area contributed by atoms with Crippen LogP contribution in [0.25, 0.3) is 0 Å². The first-order chi connectivity index (χ1) is 14.1. The minimum Gasteiger partial charge on any atom is -0.462 e. The first-order valence-corrected chi connectivity index (χ1v) is 10.3. The molecule has 0 aromatic heterocycles. The molecule has 2 aromatic rings. The second-order valence-corrected chi connectivity index (χ2v) is 7.83. The predicted molar refractivity (Wildman–Crippen MR) is 110 cm³/mol. The van der Waals surface area contributed by atoms with Gasteiger partial charge in [0.2, 0.25) is 11.8 Å². The van der Waals surface area contributed by atoms with Gasteiger partial charge in [0.15, 0.2) is 0 Å². The number of hydrogen-bond donors (Lipinski definition) is 0. The third-order valence-corrected chi connectivity index (χ3v) is 5.99. The molecule has 3 unspecified atom stereocenters. The molecule has 1 saturated carbocycles. The summed E-state index contributed by atoms with van der Waals surface area (Å²) < 4.78 is 5.13. The molecule has 2 fully saturated rings. The van der Waals surface area contributed by atoms with Gasteiger partial charge in [-0.15, -0.1) is 0 Å². The van der Waals surface area contributed by atoms with Crippen molar-refractivity contribution in [3.8, 4) is 0 Å². The molecular weight excluding hydrogens is 366 g/mol. The van der Waals surface area contributed by atoms with Crippen molar-refractivity contribution >= 4 is 23.5 Å². The van der Waals surface area contributed by atoms with Crippen molar-refractivity contribution in [2.75, 3.05) is 11.5 Å². The molecule has 5 heteroatoms. The maximum absolute atomic E-state index is 13.1. The number of rotatable bonds is 5. The van der Waals surface area contributed by atoms with Crippen LogP contribution in [-0.2, 0) is 14.3 Å². The van der Waals surface area contributed by atoms with Gasteiger partial charge in [-0.1, -0.05) is 37.3 Å². The SMILES string of the molecule is CCCOC(=O)c1ccc(N2C(=O)C3CCC(c4ccccc4)CC3C2=O)cc1. The summed E-state index contributed by atoms with van der Waals surface area (Å²) in [5.74, 6) is -0.830. The van der Waals surface area contributed by atoms with Crippen LogP contribution in [0.3, 0.4) is 0 Å². The van der Waals surface area contributed by atoms with Crippen LogP contribution >= 0.6 is 0 Å². The highest BCUT2D eigenvalue weighted by Crippen LogP contribution is 2.45. The number of imide groups is 1. The molecular formula is C24H25NO4. The van der Waals surface area contributed by atoms with E-state index in [2.05, 4.69) is 12.1 Å². The average molecular weight is 391 g/mol. The van der Waals surface area contributed by atoms with E-state index in [4.69, 9.17) is 4.74 Å². The van der Waals surface area contributed by atoms with Crippen LogP contribution < -0.4 is 4.90 Å². The fourth-order valence-corrected chi connectivity index (χ4v) is 4.49. The van der Waals surface area contributed by atoms with Crippen LogP contribution in [0.4, 0.5) is 5.69 Å². The van der Waals surface area contributed by atoms with Crippen LogP contribution in [-0.4, -0.2) is 24.4 Å². The molecule has 0 bridgehead atoms. The Morgan fingerprint density at radius 3 is 2.34 bits per heavy atom. The van der Waals surface area contributed by atoms with Crippen molar-refractivity contribution in [2.24, 2.45) is 11.8 Å². The minimum absolute atomic E-state index is 0.118. The van der Waals surface area contributed by atoms with E-state index in [1.54, 1.807) is 24.3 Å². The molecule has 5 nitrogen and oxygen atoms in total. The Kier molecular flexibility index (Phi) is 5.47. The number of ether oxygens (including phenoxy) is 1. The number of esters is 1. The number of fused-ring (bicyclic) bond motifs is 1. The normalized spacial score (nSPS) is 23.8. The van der Waals surface area contributed by atoms with E-state index in [0.29, 0.717) is 30.2 Å². The van der Waals surface area contributed by atoms with Gasteiger partial charge in [0.05, 0.1) is 29.7 Å². The summed E-state index contributed by atoms with van der Waals surface area (Å²) in [7, 11) is 0. The lowest BCUT2D eigenvalue weighted by atomic mass is 9.73. The topological polar surface area (TPSA) is 63.7 Å². The summed E-state index contributed by atoms with van der Waals surface area (Å²) in [6, 6.07) is 16.8. The zero-order chi connectivity index (χ0) is 20.4. The fourth-order valence-electron chi connectivity index (χ4n) is 4.49. The molecule has 1 saturated heterocycles. The van der Waals surface area contributed by atoms with Gasteiger partial charge in [-0.05, 0) is 61.4 Å². The van der Waals surface area contributed by atoms with Gasteiger partial charge < -0.3 is 4.74 Å². The monoisotopic (exact) mass is 391 g/mol. The summed E-state index contributed by atoms with van der Waals surface area (Å²) in [5.41, 5.74) is 2.18. The number of anilines is 1. The lowest BCUT2D eigenvalue weighted by Crippen LogP contribution is -2.30. The number of carbonyl (C=O) groups is 3. The summed E-state index contributed by atoms with van der Waals surface area (Å²) in [4.78, 5) is 39.3. The highest BCUT2D eigenvalue weighted by atomic mass is 16.5. The fraction of sp³-hybridized carbons (Fsp3) is 0.375. The van der Waals surface area contributed by atoms with Crippen LogP contribution in [0, 0.1) is 11.8 Å². The Morgan fingerprint density at radius 1 is 0.966 bits per heavy atom. The van der Waals surface area contributed by atoms with E-state index in [9.17, 15) is 14.4 Å². The smallest absolute Gasteiger partial charge is 0.338 e. The summed E-state index contributed by atoms with van der Waals surface area (Å²) in [6.45, 7) is 2.30. The highest BCUT2D eigenvalue weighted by molar-refractivity contribution is 6.22. The Hall–Kier alpha value is -2.95. The Morgan fingerprint density at radius 2 is 1.66 bits per heavy atom. The van der Waals surface area contributed by atoms with E-state index >= 15 is 0 Å². The van der Waals surface area contributed by atoms with Gasteiger partial charge in [0.1, 0.15) is 0 Å². The van der Waals surface area contributed by atoms with Gasteiger partial charge in [-0.3, -0.25) is 14.5 Å². The third-order valence-electron chi connectivity index (χ3n) is 5.99. The van der Waals surface area contributed by atoms with Crippen molar-refractivity contribution in [1.82, 2.24) is 0 Å². The van der Waals surface area contributed by atoms with Gasteiger partial charge in [-0.2, -0.15) is 0 Å². The number of carbonyl (C=O) groups excluding carboxylic acids is 3. The van der Waals surface area contributed by atoms with Crippen molar-refractivity contribution in [3.05, 3.63) is 65.7 Å². The Balaban J connectivity index is 1.51. The molecule has 1 heterocycles. The first kappa shape index (κ1) is 19.4. The predicted octanol–water partition coefficient (Wildman–Crippen LogP) is 4.33. The third kappa shape index (κ3) is 3.69. The largest absolute Gasteiger partial charge is 0.462 e. The average Bonchev–Trinajstić information content (AvgIpc) is 3.02. The Bertz CT molecular complexity index is 906. The van der Waals surface area contributed by atoms with E-state index in [1.807, 2.05) is 25.1 Å². The van der Waals surface area contributed by atoms with Gasteiger partial charge >= 0.3 is 5.97 Å². The molecule has 1 aliphatic heterocycles. The Labute approximate surface area is 170 Å². The van der Waals surface area contributed by atoms with Gasteiger partial charge in [0, 0.05) is 0 Å². The first-order valence-electron chi connectivity index (χ1n) is 10.3. The molecule has 2 amide bonds. The van der Waals surface area contributed by atoms with Crippen molar-refractivity contribution in [3.63, 3.8) is 0 Å². The molecule has 0 spiro atoms. The number of benzene rings is 2. The van der Waals surface area contributed by atoms with E-state index in [-0.39, 0.29) is 23.7 Å². The van der Waals surface area contributed by atoms with E-state index in [1.165, 1.54) is 10.5 Å².